The molecule has 0 N–H and O–H groups in total. The van der Waals surface area contributed by atoms with Gasteiger partial charge in [0, 0.05) is 17.5 Å². The van der Waals surface area contributed by atoms with Crippen LogP contribution in [0, 0.1) is 0 Å². The molecule has 0 spiro atoms. The van der Waals surface area contributed by atoms with E-state index in [0.29, 0.717) is 11.1 Å². The molecule has 0 aliphatic heterocycles. The lowest BCUT2D eigenvalue weighted by molar-refractivity contribution is 0.429. The molecule has 17 heavy (non-hydrogen) atoms. The molecule has 0 atom stereocenters. The summed E-state index contributed by atoms with van der Waals surface area (Å²) in [5.41, 5.74) is 0.855. The van der Waals surface area contributed by atoms with Gasteiger partial charge in [0.05, 0.1) is 11.7 Å². The molecule has 0 bridgehead atoms. The lowest BCUT2D eigenvalue weighted by atomic mass is 9.88. The first kappa shape index (κ1) is 10.9. The molecule has 1 aliphatic carbocycles. The number of aromatic nitrogens is 3. The van der Waals surface area contributed by atoms with E-state index in [0.717, 1.165) is 16.7 Å². The molecule has 1 fully saturated rings. The first-order valence-electron chi connectivity index (χ1n) is 6.12. The Kier molecular flexibility index (Phi) is 2.93. The molecule has 2 aromatic rings. The minimum Gasteiger partial charge on any atom is -0.262 e. The van der Waals surface area contributed by atoms with Gasteiger partial charge in [-0.05, 0) is 18.9 Å². The molecule has 3 rings (SSSR count). The quantitative estimate of drug-likeness (QED) is 0.721. The molecular weight excluding hydrogens is 234 g/mol. The molecule has 3 nitrogen and oxygen atoms in total. The second-order valence-corrected chi connectivity index (χ2v) is 4.96. The Morgan fingerprint density at radius 3 is 2.76 bits per heavy atom. The maximum absolute atomic E-state index is 6.20. The van der Waals surface area contributed by atoms with Gasteiger partial charge in [-0.3, -0.25) is 4.98 Å². The molecule has 1 aliphatic rings. The van der Waals surface area contributed by atoms with E-state index in [1.807, 2.05) is 6.07 Å². The maximum Gasteiger partial charge on any atom is 0.140 e. The van der Waals surface area contributed by atoms with Crippen molar-refractivity contribution in [2.75, 3.05) is 0 Å². The van der Waals surface area contributed by atoms with Gasteiger partial charge >= 0.3 is 0 Å². The minimum atomic E-state index is 0.478. The van der Waals surface area contributed by atoms with Gasteiger partial charge < -0.3 is 0 Å². The van der Waals surface area contributed by atoms with E-state index < -0.39 is 0 Å². The molecule has 0 aromatic carbocycles. The summed E-state index contributed by atoms with van der Waals surface area (Å²) in [6.45, 7) is 0. The van der Waals surface area contributed by atoms with Crippen LogP contribution >= 0.6 is 11.6 Å². The summed E-state index contributed by atoms with van der Waals surface area (Å²) in [6.07, 6.45) is 9.73. The lowest BCUT2D eigenvalue weighted by Crippen LogP contribution is -2.09. The number of pyridine rings is 1. The van der Waals surface area contributed by atoms with Crippen LogP contribution < -0.4 is 0 Å². The summed E-state index contributed by atoms with van der Waals surface area (Å²) in [5, 5.41) is 1.44. The van der Waals surface area contributed by atoms with Crippen LogP contribution in [0.25, 0.3) is 10.9 Å². The third-order valence-corrected chi connectivity index (χ3v) is 3.73. The van der Waals surface area contributed by atoms with Crippen LogP contribution in [0.5, 0.6) is 0 Å². The van der Waals surface area contributed by atoms with Crippen LogP contribution in [0.4, 0.5) is 0 Å². The van der Waals surface area contributed by atoms with Crippen molar-refractivity contribution in [3.8, 4) is 0 Å². The van der Waals surface area contributed by atoms with Crippen molar-refractivity contribution in [2.45, 2.75) is 38.0 Å². The highest BCUT2D eigenvalue weighted by molar-refractivity contribution is 6.34. The van der Waals surface area contributed by atoms with Crippen LogP contribution in [0.3, 0.4) is 0 Å². The highest BCUT2D eigenvalue weighted by atomic mass is 35.5. The summed E-state index contributed by atoms with van der Waals surface area (Å²) in [7, 11) is 0. The van der Waals surface area contributed by atoms with Gasteiger partial charge in [-0.1, -0.05) is 30.9 Å². The van der Waals surface area contributed by atoms with Crippen LogP contribution in [-0.2, 0) is 0 Å². The fourth-order valence-electron chi connectivity index (χ4n) is 2.50. The number of fused-ring (bicyclic) bond motifs is 1. The first-order chi connectivity index (χ1) is 8.34. The van der Waals surface area contributed by atoms with E-state index in [9.17, 15) is 0 Å². The molecule has 2 heterocycles. The van der Waals surface area contributed by atoms with Gasteiger partial charge in [-0.25, -0.2) is 9.97 Å². The third-order valence-electron chi connectivity index (χ3n) is 3.44. The summed E-state index contributed by atoms with van der Waals surface area (Å²) in [4.78, 5) is 13.1. The van der Waals surface area contributed by atoms with Crippen molar-refractivity contribution in [3.05, 3.63) is 29.4 Å². The van der Waals surface area contributed by atoms with Crippen molar-refractivity contribution < 1.29 is 0 Å². The second kappa shape index (κ2) is 4.57. The Bertz CT molecular complexity index is 535. The second-order valence-electron chi connectivity index (χ2n) is 4.60. The van der Waals surface area contributed by atoms with Gasteiger partial charge in [0.1, 0.15) is 11.0 Å². The van der Waals surface area contributed by atoms with Crippen LogP contribution in [0.1, 0.15) is 43.8 Å². The zero-order valence-corrected chi connectivity index (χ0v) is 10.3. The highest BCUT2D eigenvalue weighted by Crippen LogP contribution is 2.32. The van der Waals surface area contributed by atoms with Gasteiger partial charge in [0.2, 0.25) is 0 Å². The maximum atomic E-state index is 6.20. The van der Waals surface area contributed by atoms with Crippen molar-refractivity contribution in [1.82, 2.24) is 15.0 Å². The van der Waals surface area contributed by atoms with E-state index in [1.165, 1.54) is 32.1 Å². The fraction of sp³-hybridized carbons (Fsp3) is 0.462. The molecular formula is C13H14ClN3. The van der Waals surface area contributed by atoms with E-state index in [-0.39, 0.29) is 0 Å². The Balaban J connectivity index is 2.05. The minimum absolute atomic E-state index is 0.478. The standard InChI is InChI=1S/C13H14ClN3/c14-12-10-6-7-15-8-11(10)16-13(17-12)9-4-2-1-3-5-9/h6-9H,1-5H2. The fourth-order valence-corrected chi connectivity index (χ4v) is 2.75. The summed E-state index contributed by atoms with van der Waals surface area (Å²) in [6, 6.07) is 1.86. The first-order valence-corrected chi connectivity index (χ1v) is 6.49. The van der Waals surface area contributed by atoms with Crippen molar-refractivity contribution in [1.29, 1.82) is 0 Å². The predicted octanol–water partition coefficient (Wildman–Crippen LogP) is 3.73. The molecule has 0 unspecified atom stereocenters. The smallest absolute Gasteiger partial charge is 0.140 e. The average Bonchev–Trinajstić information content (AvgIpc) is 2.40. The SMILES string of the molecule is Clc1nc(C2CCCCC2)nc2cnccc12. The monoisotopic (exact) mass is 247 g/mol. The van der Waals surface area contributed by atoms with Gasteiger partial charge in [0.15, 0.2) is 0 Å². The number of hydrogen-bond acceptors (Lipinski definition) is 3. The Morgan fingerprint density at radius 2 is 1.94 bits per heavy atom. The van der Waals surface area contributed by atoms with Gasteiger partial charge in [0.25, 0.3) is 0 Å². The summed E-state index contributed by atoms with van der Waals surface area (Å²) >= 11 is 6.20. The zero-order chi connectivity index (χ0) is 11.7. The predicted molar refractivity (Wildman–Crippen MR) is 68.2 cm³/mol. The Hall–Kier alpha value is -1.22. The number of nitrogens with zero attached hydrogens (tertiary/aromatic N) is 3. The van der Waals surface area contributed by atoms with Crippen molar-refractivity contribution in [2.24, 2.45) is 0 Å². The van der Waals surface area contributed by atoms with Crippen molar-refractivity contribution >= 4 is 22.5 Å². The Morgan fingerprint density at radius 1 is 1.12 bits per heavy atom. The van der Waals surface area contributed by atoms with Crippen LogP contribution in [-0.4, -0.2) is 15.0 Å². The summed E-state index contributed by atoms with van der Waals surface area (Å²) < 4.78 is 0. The van der Waals surface area contributed by atoms with E-state index >= 15 is 0 Å². The Labute approximate surface area is 105 Å². The average molecular weight is 248 g/mol. The molecule has 4 heteroatoms. The summed E-state index contributed by atoms with van der Waals surface area (Å²) in [5.74, 6) is 1.38. The largest absolute Gasteiger partial charge is 0.262 e. The molecule has 88 valence electrons. The van der Waals surface area contributed by atoms with Gasteiger partial charge in [-0.15, -0.1) is 0 Å². The van der Waals surface area contributed by atoms with Crippen LogP contribution in [0.15, 0.2) is 18.5 Å². The number of halogens is 1. The number of hydrogen-bond donors (Lipinski definition) is 0. The highest BCUT2D eigenvalue weighted by Gasteiger charge is 2.19. The topological polar surface area (TPSA) is 38.7 Å². The molecule has 1 saturated carbocycles. The van der Waals surface area contributed by atoms with E-state index in [4.69, 9.17) is 11.6 Å². The van der Waals surface area contributed by atoms with Crippen molar-refractivity contribution in [3.63, 3.8) is 0 Å². The van der Waals surface area contributed by atoms with E-state index in [2.05, 4.69) is 15.0 Å². The molecule has 0 saturated heterocycles. The molecule has 0 amide bonds. The third kappa shape index (κ3) is 2.12. The van der Waals surface area contributed by atoms with Gasteiger partial charge in [-0.2, -0.15) is 0 Å². The van der Waals surface area contributed by atoms with Crippen LogP contribution in [0.2, 0.25) is 5.15 Å². The number of rotatable bonds is 1. The molecule has 2 aromatic heterocycles. The molecule has 0 radical (unpaired) electrons. The van der Waals surface area contributed by atoms with E-state index in [1.54, 1.807) is 12.4 Å². The zero-order valence-electron chi connectivity index (χ0n) is 9.56. The normalized spacial score (nSPS) is 17.5. The lowest BCUT2D eigenvalue weighted by Gasteiger charge is -2.20.